The van der Waals surface area contributed by atoms with Gasteiger partial charge in [0.2, 0.25) is 0 Å². The summed E-state index contributed by atoms with van der Waals surface area (Å²) in [5.41, 5.74) is 1.48. The lowest BCUT2D eigenvalue weighted by Gasteiger charge is -2.35. The van der Waals surface area contributed by atoms with Crippen LogP contribution in [-0.2, 0) is 0 Å². The number of carbonyl (C=O) groups excluding carboxylic acids is 1. The Labute approximate surface area is 114 Å². The molecule has 5 heteroatoms. The zero-order valence-electron chi connectivity index (χ0n) is 11.7. The molecular formula is C14H23N3O2. The van der Waals surface area contributed by atoms with Gasteiger partial charge in [-0.3, -0.25) is 9.89 Å². The summed E-state index contributed by atoms with van der Waals surface area (Å²) in [5.74, 6) is 0.324. The van der Waals surface area contributed by atoms with Crippen molar-refractivity contribution in [3.63, 3.8) is 0 Å². The van der Waals surface area contributed by atoms with Crippen LogP contribution in [0.1, 0.15) is 61.6 Å². The number of likely N-dealkylation sites (tertiary alicyclic amines) is 1. The van der Waals surface area contributed by atoms with Crippen LogP contribution in [0.2, 0.25) is 0 Å². The second kappa shape index (κ2) is 6.19. The predicted octanol–water partition coefficient (Wildman–Crippen LogP) is 1.91. The van der Waals surface area contributed by atoms with Crippen molar-refractivity contribution in [2.75, 3.05) is 13.2 Å². The van der Waals surface area contributed by atoms with Crippen LogP contribution in [0, 0.1) is 0 Å². The molecule has 1 aliphatic heterocycles. The van der Waals surface area contributed by atoms with Crippen LogP contribution in [0.3, 0.4) is 0 Å². The summed E-state index contributed by atoms with van der Waals surface area (Å²) >= 11 is 0. The minimum absolute atomic E-state index is 0.0127. The van der Waals surface area contributed by atoms with E-state index in [0.29, 0.717) is 18.0 Å². The first kappa shape index (κ1) is 14.1. The lowest BCUT2D eigenvalue weighted by Crippen LogP contribution is -2.44. The molecule has 19 heavy (non-hydrogen) atoms. The number of nitrogens with one attached hydrogen (secondary N) is 1. The average Bonchev–Trinajstić information content (AvgIpc) is 2.89. The van der Waals surface area contributed by atoms with Gasteiger partial charge in [0.1, 0.15) is 5.69 Å². The molecule has 2 N–H and O–H groups in total. The second-order valence-corrected chi connectivity index (χ2v) is 5.52. The maximum atomic E-state index is 12.5. The maximum absolute atomic E-state index is 12.5. The monoisotopic (exact) mass is 265 g/mol. The summed E-state index contributed by atoms with van der Waals surface area (Å²) in [6.45, 7) is 5.04. The highest BCUT2D eigenvalue weighted by Crippen LogP contribution is 2.22. The first-order valence-corrected chi connectivity index (χ1v) is 7.10. The van der Waals surface area contributed by atoms with E-state index in [9.17, 15) is 4.79 Å². The van der Waals surface area contributed by atoms with Gasteiger partial charge in [0.05, 0.1) is 0 Å². The molecule has 1 fully saturated rings. The first-order chi connectivity index (χ1) is 9.13. The summed E-state index contributed by atoms with van der Waals surface area (Å²) in [6.07, 6.45) is 3.81. The van der Waals surface area contributed by atoms with Crippen LogP contribution in [0.25, 0.3) is 0 Å². The molecule has 1 aromatic rings. The number of rotatable bonds is 4. The molecule has 1 aromatic heterocycles. The molecule has 0 radical (unpaired) electrons. The fourth-order valence-electron chi connectivity index (χ4n) is 2.61. The molecule has 5 nitrogen and oxygen atoms in total. The van der Waals surface area contributed by atoms with E-state index >= 15 is 0 Å². The van der Waals surface area contributed by atoms with Gasteiger partial charge in [0, 0.05) is 24.9 Å². The predicted molar refractivity (Wildman–Crippen MR) is 73.1 cm³/mol. The molecule has 0 spiro atoms. The third kappa shape index (κ3) is 3.15. The van der Waals surface area contributed by atoms with Crippen molar-refractivity contribution in [3.05, 3.63) is 17.5 Å². The summed E-state index contributed by atoms with van der Waals surface area (Å²) in [6, 6.07) is 2.00. The van der Waals surface area contributed by atoms with Gasteiger partial charge in [-0.05, 0) is 37.7 Å². The molecule has 2 heterocycles. The van der Waals surface area contributed by atoms with Gasteiger partial charge in [-0.2, -0.15) is 5.10 Å². The van der Waals surface area contributed by atoms with Crippen LogP contribution >= 0.6 is 0 Å². The normalized spacial score (nSPS) is 20.0. The van der Waals surface area contributed by atoms with Crippen molar-refractivity contribution in [1.29, 1.82) is 0 Å². The van der Waals surface area contributed by atoms with Crippen molar-refractivity contribution in [1.82, 2.24) is 15.1 Å². The van der Waals surface area contributed by atoms with Crippen LogP contribution < -0.4 is 0 Å². The summed E-state index contributed by atoms with van der Waals surface area (Å²) < 4.78 is 0. The number of aromatic amines is 1. The average molecular weight is 265 g/mol. The quantitative estimate of drug-likeness (QED) is 0.873. The fraction of sp³-hybridized carbons (Fsp3) is 0.714. The third-order valence-electron chi connectivity index (χ3n) is 3.79. The van der Waals surface area contributed by atoms with Crippen molar-refractivity contribution >= 4 is 5.91 Å². The van der Waals surface area contributed by atoms with Gasteiger partial charge in [0.15, 0.2) is 0 Å². The standard InChI is InChI=1S/C14H23N3O2/c1-10(2)12-9-13(16-15-12)14(19)17-7-4-3-5-11(17)6-8-18/h9-11,18H,3-8H2,1-2H3,(H,15,16). The molecule has 1 atom stereocenters. The van der Waals surface area contributed by atoms with Crippen molar-refractivity contribution < 1.29 is 9.90 Å². The number of hydrogen-bond donors (Lipinski definition) is 2. The van der Waals surface area contributed by atoms with Gasteiger partial charge in [-0.1, -0.05) is 13.8 Å². The molecule has 0 aromatic carbocycles. The van der Waals surface area contributed by atoms with E-state index in [2.05, 4.69) is 24.0 Å². The molecule has 1 aliphatic rings. The maximum Gasteiger partial charge on any atom is 0.274 e. The Hall–Kier alpha value is -1.36. The molecule has 1 amide bonds. The van der Waals surface area contributed by atoms with Gasteiger partial charge in [0.25, 0.3) is 5.91 Å². The molecule has 0 bridgehead atoms. The number of aliphatic hydroxyl groups excluding tert-OH is 1. The largest absolute Gasteiger partial charge is 0.396 e. The molecule has 106 valence electrons. The van der Waals surface area contributed by atoms with E-state index in [1.54, 1.807) is 0 Å². The number of amides is 1. The summed E-state index contributed by atoms with van der Waals surface area (Å²) in [5, 5.41) is 16.2. The molecule has 0 aliphatic carbocycles. The first-order valence-electron chi connectivity index (χ1n) is 7.10. The van der Waals surface area contributed by atoms with Crippen molar-refractivity contribution in [3.8, 4) is 0 Å². The molecular weight excluding hydrogens is 242 g/mol. The number of piperidine rings is 1. The molecule has 2 rings (SSSR count). The lowest BCUT2D eigenvalue weighted by atomic mass is 9.99. The van der Waals surface area contributed by atoms with E-state index in [0.717, 1.165) is 31.5 Å². The van der Waals surface area contributed by atoms with Gasteiger partial charge in [-0.25, -0.2) is 0 Å². The number of carbonyl (C=O) groups is 1. The van der Waals surface area contributed by atoms with Crippen molar-refractivity contribution in [2.24, 2.45) is 0 Å². The van der Waals surface area contributed by atoms with Crippen LogP contribution in [0.4, 0.5) is 0 Å². The third-order valence-corrected chi connectivity index (χ3v) is 3.79. The van der Waals surface area contributed by atoms with E-state index < -0.39 is 0 Å². The smallest absolute Gasteiger partial charge is 0.274 e. The number of hydrogen-bond acceptors (Lipinski definition) is 3. The van der Waals surface area contributed by atoms with Crippen LogP contribution in [-0.4, -0.2) is 45.3 Å². The highest BCUT2D eigenvalue weighted by Gasteiger charge is 2.28. The number of nitrogens with zero attached hydrogens (tertiary/aromatic N) is 2. The Morgan fingerprint density at radius 2 is 2.37 bits per heavy atom. The topological polar surface area (TPSA) is 69.2 Å². The molecule has 1 unspecified atom stereocenters. The van der Waals surface area contributed by atoms with E-state index in [-0.39, 0.29) is 18.6 Å². The highest BCUT2D eigenvalue weighted by molar-refractivity contribution is 5.92. The zero-order valence-corrected chi connectivity index (χ0v) is 11.7. The van der Waals surface area contributed by atoms with Crippen molar-refractivity contribution in [2.45, 2.75) is 51.5 Å². The van der Waals surface area contributed by atoms with E-state index in [1.807, 2.05) is 11.0 Å². The Morgan fingerprint density at radius 1 is 1.58 bits per heavy atom. The highest BCUT2D eigenvalue weighted by atomic mass is 16.3. The number of aromatic nitrogens is 2. The SMILES string of the molecule is CC(C)c1cc(C(=O)N2CCCCC2CCO)n[nH]1. The Morgan fingerprint density at radius 3 is 3.00 bits per heavy atom. The summed E-state index contributed by atoms with van der Waals surface area (Å²) in [4.78, 5) is 14.4. The minimum Gasteiger partial charge on any atom is -0.396 e. The van der Waals surface area contributed by atoms with E-state index in [1.165, 1.54) is 0 Å². The van der Waals surface area contributed by atoms with Crippen LogP contribution in [0.5, 0.6) is 0 Å². The number of aliphatic hydroxyl groups is 1. The van der Waals surface area contributed by atoms with Crippen LogP contribution in [0.15, 0.2) is 6.07 Å². The zero-order chi connectivity index (χ0) is 13.8. The number of H-pyrrole nitrogens is 1. The Kier molecular flexibility index (Phi) is 4.58. The Bertz CT molecular complexity index is 426. The Balaban J connectivity index is 2.11. The van der Waals surface area contributed by atoms with Gasteiger partial charge >= 0.3 is 0 Å². The lowest BCUT2D eigenvalue weighted by molar-refractivity contribution is 0.0568. The fourth-order valence-corrected chi connectivity index (χ4v) is 2.61. The second-order valence-electron chi connectivity index (χ2n) is 5.52. The summed E-state index contributed by atoms with van der Waals surface area (Å²) in [7, 11) is 0. The van der Waals surface area contributed by atoms with E-state index in [4.69, 9.17) is 5.11 Å². The molecule has 1 saturated heterocycles. The molecule has 0 saturated carbocycles. The van der Waals surface area contributed by atoms with Gasteiger partial charge < -0.3 is 10.0 Å². The minimum atomic E-state index is -0.0127. The van der Waals surface area contributed by atoms with Gasteiger partial charge in [-0.15, -0.1) is 0 Å².